The molecule has 7 heteroatoms. The first-order valence-corrected chi connectivity index (χ1v) is 11.5. The molecule has 31 heavy (non-hydrogen) atoms. The first-order valence-electron chi connectivity index (χ1n) is 10.6. The molecule has 0 radical (unpaired) electrons. The van der Waals surface area contributed by atoms with E-state index in [1.165, 1.54) is 11.3 Å². The number of fused-ring (bicyclic) bond motifs is 3. The molecule has 3 aliphatic rings. The number of aromatic nitrogens is 1. The second-order valence-electron chi connectivity index (χ2n) is 8.00. The summed E-state index contributed by atoms with van der Waals surface area (Å²) in [4.78, 5) is 22.4. The molecule has 6 nitrogen and oxygen atoms in total. The van der Waals surface area contributed by atoms with Crippen LogP contribution in [0.2, 0.25) is 0 Å². The van der Waals surface area contributed by atoms with Crippen molar-refractivity contribution in [2.75, 3.05) is 31.6 Å². The standard InChI is InChI=1S/C24H25N3O3S/c1-29-22-16-31-24(25-22)30-20-9-7-18(8-10-20)23(28)27(19-5-3-2-4-6-19)21-15-26-13-11-17(21)12-14-26/h2-10,16-17,21H,11-15H2,1H3/t21-/m0/s1. The number of carbonyl (C=O) groups is 1. The first-order chi connectivity index (χ1) is 15.2. The molecule has 4 heterocycles. The molecule has 6 rings (SSSR count). The molecule has 0 unspecified atom stereocenters. The first kappa shape index (κ1) is 20.0. The van der Waals surface area contributed by atoms with Crippen LogP contribution in [-0.2, 0) is 0 Å². The van der Waals surface area contributed by atoms with E-state index in [4.69, 9.17) is 9.47 Å². The van der Waals surface area contributed by atoms with Crippen LogP contribution in [0.5, 0.6) is 16.8 Å². The van der Waals surface area contributed by atoms with Gasteiger partial charge in [0.15, 0.2) is 0 Å². The van der Waals surface area contributed by atoms with Crippen molar-refractivity contribution in [3.63, 3.8) is 0 Å². The van der Waals surface area contributed by atoms with Crippen molar-refractivity contribution in [2.24, 2.45) is 5.92 Å². The summed E-state index contributed by atoms with van der Waals surface area (Å²) in [6.07, 6.45) is 2.32. The van der Waals surface area contributed by atoms with Crippen LogP contribution >= 0.6 is 11.3 Å². The number of nitrogens with zero attached hydrogens (tertiary/aromatic N) is 3. The van der Waals surface area contributed by atoms with Crippen LogP contribution in [0, 0.1) is 5.92 Å². The number of para-hydroxylation sites is 1. The largest absolute Gasteiger partial charge is 0.480 e. The average molecular weight is 436 g/mol. The summed E-state index contributed by atoms with van der Waals surface area (Å²) in [5.74, 6) is 1.76. The van der Waals surface area contributed by atoms with Gasteiger partial charge in [-0.05, 0) is 68.2 Å². The maximum Gasteiger partial charge on any atom is 0.282 e. The van der Waals surface area contributed by atoms with E-state index in [1.54, 1.807) is 12.5 Å². The molecule has 3 saturated heterocycles. The number of benzene rings is 2. The third-order valence-corrected chi connectivity index (χ3v) is 6.88. The Morgan fingerprint density at radius 1 is 1.10 bits per heavy atom. The molecule has 1 amide bonds. The predicted octanol–water partition coefficient (Wildman–Crippen LogP) is 4.69. The molecular weight excluding hydrogens is 410 g/mol. The van der Waals surface area contributed by atoms with Gasteiger partial charge in [-0.25, -0.2) is 0 Å². The Kier molecular flexibility index (Phi) is 5.61. The lowest BCUT2D eigenvalue weighted by atomic mass is 9.82. The molecule has 0 aliphatic carbocycles. The van der Waals surface area contributed by atoms with Gasteiger partial charge in [0.05, 0.1) is 18.5 Å². The molecule has 160 valence electrons. The Labute approximate surface area is 186 Å². The molecule has 1 aromatic heterocycles. The van der Waals surface area contributed by atoms with Crippen molar-refractivity contribution in [3.8, 4) is 16.8 Å². The Morgan fingerprint density at radius 2 is 1.84 bits per heavy atom. The quantitative estimate of drug-likeness (QED) is 0.563. The third kappa shape index (κ3) is 4.16. The fourth-order valence-electron chi connectivity index (χ4n) is 4.56. The zero-order valence-corrected chi connectivity index (χ0v) is 18.3. The van der Waals surface area contributed by atoms with E-state index in [-0.39, 0.29) is 11.9 Å². The van der Waals surface area contributed by atoms with Gasteiger partial charge in [0.1, 0.15) is 5.75 Å². The minimum atomic E-state index is 0.0346. The van der Waals surface area contributed by atoms with Crippen LogP contribution in [0.25, 0.3) is 0 Å². The Bertz CT molecular complexity index is 1030. The fourth-order valence-corrected chi connectivity index (χ4v) is 5.20. The van der Waals surface area contributed by atoms with Crippen molar-refractivity contribution >= 4 is 22.9 Å². The van der Waals surface area contributed by atoms with E-state index in [0.717, 1.165) is 38.2 Å². The summed E-state index contributed by atoms with van der Waals surface area (Å²) in [5, 5.41) is 2.30. The van der Waals surface area contributed by atoms with Crippen molar-refractivity contribution in [2.45, 2.75) is 18.9 Å². The lowest BCUT2D eigenvalue weighted by Crippen LogP contribution is -2.59. The summed E-state index contributed by atoms with van der Waals surface area (Å²) in [6.45, 7) is 3.23. The highest BCUT2D eigenvalue weighted by Crippen LogP contribution is 2.35. The van der Waals surface area contributed by atoms with Crippen molar-refractivity contribution in [3.05, 3.63) is 65.5 Å². The van der Waals surface area contributed by atoms with E-state index in [0.29, 0.717) is 28.3 Å². The monoisotopic (exact) mass is 435 g/mol. The van der Waals surface area contributed by atoms with Gasteiger partial charge >= 0.3 is 0 Å². The molecule has 1 atom stereocenters. The number of thiazole rings is 1. The molecule has 0 saturated carbocycles. The van der Waals surface area contributed by atoms with Crippen LogP contribution in [0.3, 0.4) is 0 Å². The van der Waals surface area contributed by atoms with E-state index < -0.39 is 0 Å². The average Bonchev–Trinajstić information content (AvgIpc) is 3.29. The number of hydrogen-bond acceptors (Lipinski definition) is 6. The van der Waals surface area contributed by atoms with E-state index in [2.05, 4.69) is 9.88 Å². The fraction of sp³-hybridized carbons (Fsp3) is 0.333. The van der Waals surface area contributed by atoms with E-state index in [1.807, 2.05) is 59.5 Å². The Hall–Kier alpha value is -2.90. The number of piperidine rings is 3. The van der Waals surface area contributed by atoms with Crippen molar-refractivity contribution < 1.29 is 14.3 Å². The number of amides is 1. The minimum absolute atomic E-state index is 0.0346. The van der Waals surface area contributed by atoms with Gasteiger partial charge in [-0.2, -0.15) is 4.98 Å². The molecule has 3 aromatic rings. The van der Waals surface area contributed by atoms with Gasteiger partial charge < -0.3 is 19.3 Å². The number of hydrogen-bond donors (Lipinski definition) is 0. The van der Waals surface area contributed by atoms with E-state index >= 15 is 0 Å². The Morgan fingerprint density at radius 3 is 2.45 bits per heavy atom. The SMILES string of the molecule is COc1csc(Oc2ccc(C(=O)N(c3ccccc3)[C@H]3CN4CCC3CC4)cc2)n1. The normalized spacial score (nSPS) is 22.2. The van der Waals surface area contributed by atoms with Gasteiger partial charge in [0.25, 0.3) is 11.1 Å². The smallest absolute Gasteiger partial charge is 0.282 e. The predicted molar refractivity (Wildman–Crippen MR) is 121 cm³/mol. The van der Waals surface area contributed by atoms with Crippen LogP contribution in [0.15, 0.2) is 60.0 Å². The third-order valence-electron chi connectivity index (χ3n) is 6.18. The number of ether oxygens (including phenoxy) is 2. The van der Waals surface area contributed by atoms with Crippen LogP contribution in [0.4, 0.5) is 5.69 Å². The maximum atomic E-state index is 13.7. The Balaban J connectivity index is 1.38. The minimum Gasteiger partial charge on any atom is -0.480 e. The second-order valence-corrected chi connectivity index (χ2v) is 8.82. The van der Waals surface area contributed by atoms with Crippen LogP contribution < -0.4 is 14.4 Å². The summed E-state index contributed by atoms with van der Waals surface area (Å²) < 4.78 is 10.9. The zero-order chi connectivity index (χ0) is 21.2. The summed E-state index contributed by atoms with van der Waals surface area (Å²) in [6, 6.07) is 17.6. The zero-order valence-electron chi connectivity index (χ0n) is 17.4. The second kappa shape index (κ2) is 8.69. The highest BCUT2D eigenvalue weighted by Gasteiger charge is 2.40. The number of anilines is 1. The number of rotatable bonds is 6. The maximum absolute atomic E-state index is 13.7. The highest BCUT2D eigenvalue weighted by atomic mass is 32.1. The van der Waals surface area contributed by atoms with Gasteiger partial charge in [0, 0.05) is 17.8 Å². The van der Waals surface area contributed by atoms with Crippen LogP contribution in [0.1, 0.15) is 23.2 Å². The molecule has 3 fully saturated rings. The summed E-state index contributed by atoms with van der Waals surface area (Å²) in [7, 11) is 1.58. The highest BCUT2D eigenvalue weighted by molar-refractivity contribution is 7.11. The van der Waals surface area contributed by atoms with E-state index in [9.17, 15) is 4.79 Å². The van der Waals surface area contributed by atoms with Gasteiger partial charge in [0.2, 0.25) is 5.88 Å². The molecule has 2 bridgehead atoms. The lowest BCUT2D eigenvalue weighted by molar-refractivity contribution is 0.0734. The molecule has 0 spiro atoms. The van der Waals surface area contributed by atoms with Crippen molar-refractivity contribution in [1.82, 2.24) is 9.88 Å². The number of carbonyl (C=O) groups excluding carboxylic acids is 1. The molecular formula is C24H25N3O3S. The van der Waals surface area contributed by atoms with Gasteiger partial charge in [-0.1, -0.05) is 29.5 Å². The van der Waals surface area contributed by atoms with Gasteiger partial charge in [-0.3, -0.25) is 4.79 Å². The summed E-state index contributed by atoms with van der Waals surface area (Å²) in [5.41, 5.74) is 1.62. The molecule has 0 N–H and O–H groups in total. The molecule has 3 aliphatic heterocycles. The lowest BCUT2D eigenvalue weighted by Gasteiger charge is -2.49. The topological polar surface area (TPSA) is 54.9 Å². The molecule has 2 aromatic carbocycles. The van der Waals surface area contributed by atoms with Crippen molar-refractivity contribution in [1.29, 1.82) is 0 Å². The van der Waals surface area contributed by atoms with Crippen LogP contribution in [-0.4, -0.2) is 48.6 Å². The number of methoxy groups -OCH3 is 1. The summed E-state index contributed by atoms with van der Waals surface area (Å²) >= 11 is 1.37. The van der Waals surface area contributed by atoms with Gasteiger partial charge in [-0.15, -0.1) is 0 Å².